The average Bonchev–Trinajstić information content (AvgIpc) is 3.16. The van der Waals surface area contributed by atoms with Gasteiger partial charge in [0.2, 0.25) is 0 Å². The summed E-state index contributed by atoms with van der Waals surface area (Å²) in [5, 5.41) is 7.29. The molecule has 154 valence electrons. The summed E-state index contributed by atoms with van der Waals surface area (Å²) in [6.45, 7) is 4.65. The van der Waals surface area contributed by atoms with Crippen LogP contribution in [-0.4, -0.2) is 59.6 Å². The molecule has 27 heavy (non-hydrogen) atoms. The van der Waals surface area contributed by atoms with Crippen LogP contribution in [0.3, 0.4) is 0 Å². The molecule has 0 aliphatic carbocycles. The van der Waals surface area contributed by atoms with Crippen molar-refractivity contribution >= 4 is 41.5 Å². The summed E-state index contributed by atoms with van der Waals surface area (Å²) in [7, 11) is 3.45. The van der Waals surface area contributed by atoms with Crippen molar-refractivity contribution in [2.75, 3.05) is 53.7 Å². The van der Waals surface area contributed by atoms with Gasteiger partial charge in [0, 0.05) is 51.4 Å². The van der Waals surface area contributed by atoms with Crippen LogP contribution in [0, 0.1) is 5.92 Å². The van der Waals surface area contributed by atoms with Crippen molar-refractivity contribution in [3.63, 3.8) is 0 Å². The second-order valence-electron chi connectivity index (χ2n) is 6.32. The highest BCUT2D eigenvalue weighted by Gasteiger charge is 2.15. The van der Waals surface area contributed by atoms with Crippen molar-refractivity contribution in [1.29, 1.82) is 0 Å². The second kappa shape index (κ2) is 14.4. The smallest absolute Gasteiger partial charge is 0.191 e. The van der Waals surface area contributed by atoms with E-state index in [9.17, 15) is 0 Å². The molecular formula is C19H31ClIN3O3. The van der Waals surface area contributed by atoms with Gasteiger partial charge in [0.1, 0.15) is 0 Å². The molecule has 1 saturated heterocycles. The number of guanidine groups is 1. The topological polar surface area (TPSA) is 64.1 Å². The predicted molar refractivity (Wildman–Crippen MR) is 120 cm³/mol. The fourth-order valence-electron chi connectivity index (χ4n) is 2.80. The van der Waals surface area contributed by atoms with Crippen molar-refractivity contribution in [3.8, 4) is 0 Å². The fourth-order valence-corrected chi connectivity index (χ4v) is 3.00. The van der Waals surface area contributed by atoms with Gasteiger partial charge in [0.15, 0.2) is 5.96 Å². The molecule has 1 aromatic rings. The van der Waals surface area contributed by atoms with Gasteiger partial charge in [-0.15, -0.1) is 24.0 Å². The number of halogens is 2. The minimum Gasteiger partial charge on any atom is -0.381 e. The molecule has 2 rings (SSSR count). The first kappa shape index (κ1) is 24.4. The fraction of sp³-hybridized carbons (Fsp3) is 0.632. The van der Waals surface area contributed by atoms with Crippen molar-refractivity contribution in [1.82, 2.24) is 10.6 Å². The van der Waals surface area contributed by atoms with E-state index < -0.39 is 0 Å². The Morgan fingerprint density at radius 3 is 2.93 bits per heavy atom. The molecule has 2 unspecified atom stereocenters. The van der Waals surface area contributed by atoms with Gasteiger partial charge in [-0.2, -0.15) is 0 Å². The molecule has 1 aliphatic rings. The predicted octanol–water partition coefficient (Wildman–Crippen LogP) is 3.25. The second-order valence-corrected chi connectivity index (χ2v) is 6.75. The summed E-state index contributed by atoms with van der Waals surface area (Å²) >= 11 is 6.06. The Morgan fingerprint density at radius 2 is 2.26 bits per heavy atom. The monoisotopic (exact) mass is 511 g/mol. The van der Waals surface area contributed by atoms with Gasteiger partial charge in [0.25, 0.3) is 0 Å². The first-order valence-corrected chi connectivity index (χ1v) is 9.49. The van der Waals surface area contributed by atoms with E-state index in [1.807, 2.05) is 24.3 Å². The largest absolute Gasteiger partial charge is 0.381 e. The first-order chi connectivity index (χ1) is 12.7. The summed E-state index contributed by atoms with van der Waals surface area (Å²) in [5.41, 5.74) is 1.03. The van der Waals surface area contributed by atoms with E-state index in [1.54, 1.807) is 14.2 Å². The molecule has 0 aromatic heterocycles. The first-order valence-electron chi connectivity index (χ1n) is 9.11. The lowest BCUT2D eigenvalue weighted by Crippen LogP contribution is -2.40. The number of nitrogens with one attached hydrogen (secondary N) is 2. The van der Waals surface area contributed by atoms with E-state index in [4.69, 9.17) is 25.8 Å². The minimum atomic E-state index is -0.0933. The van der Waals surface area contributed by atoms with E-state index in [0.29, 0.717) is 17.5 Å². The van der Waals surface area contributed by atoms with Gasteiger partial charge < -0.3 is 24.8 Å². The number of ether oxygens (including phenoxy) is 3. The quantitative estimate of drug-likeness (QED) is 0.219. The van der Waals surface area contributed by atoms with Crippen LogP contribution in [0.25, 0.3) is 0 Å². The molecule has 8 heteroatoms. The molecule has 0 amide bonds. The molecular weight excluding hydrogens is 481 g/mol. The maximum absolute atomic E-state index is 6.06. The zero-order valence-corrected chi connectivity index (χ0v) is 19.2. The Bertz CT molecular complexity index is 557. The van der Waals surface area contributed by atoms with E-state index in [2.05, 4.69) is 15.6 Å². The molecule has 2 N–H and O–H groups in total. The van der Waals surface area contributed by atoms with E-state index in [-0.39, 0.29) is 30.1 Å². The Labute approximate surface area is 184 Å². The lowest BCUT2D eigenvalue weighted by molar-refractivity contribution is 0.0887. The van der Waals surface area contributed by atoms with Gasteiger partial charge in [-0.3, -0.25) is 4.99 Å². The van der Waals surface area contributed by atoms with Crippen LogP contribution in [0.1, 0.15) is 24.5 Å². The standard InChI is InChI=1S/C19H30ClN3O3.HI/c1-21-19(22-8-4-9-25-13-15-7-10-26-14-15)23-12-18(24-2)16-5-3-6-17(20)11-16;/h3,5-6,11,15,18H,4,7-10,12-14H2,1-2H3,(H2,21,22,23);1H. The third-order valence-electron chi connectivity index (χ3n) is 4.32. The van der Waals surface area contributed by atoms with Crippen LogP contribution in [0.2, 0.25) is 5.02 Å². The normalized spacial score (nSPS) is 18.0. The van der Waals surface area contributed by atoms with Crippen molar-refractivity contribution in [3.05, 3.63) is 34.9 Å². The molecule has 1 fully saturated rings. The summed E-state index contributed by atoms with van der Waals surface area (Å²) < 4.78 is 16.6. The van der Waals surface area contributed by atoms with Gasteiger partial charge in [-0.1, -0.05) is 23.7 Å². The highest BCUT2D eigenvalue weighted by atomic mass is 127. The molecule has 0 bridgehead atoms. The maximum Gasteiger partial charge on any atom is 0.191 e. The van der Waals surface area contributed by atoms with Crippen molar-refractivity contribution in [2.24, 2.45) is 10.9 Å². The van der Waals surface area contributed by atoms with E-state index in [1.165, 1.54) is 0 Å². The Hall–Kier alpha value is -0.610. The van der Waals surface area contributed by atoms with Crippen LogP contribution >= 0.6 is 35.6 Å². The third-order valence-corrected chi connectivity index (χ3v) is 4.55. The average molecular weight is 512 g/mol. The number of hydrogen-bond donors (Lipinski definition) is 2. The molecule has 0 radical (unpaired) electrons. The van der Waals surface area contributed by atoms with Crippen LogP contribution in [0.5, 0.6) is 0 Å². The number of methoxy groups -OCH3 is 1. The zero-order valence-electron chi connectivity index (χ0n) is 16.1. The third kappa shape index (κ3) is 9.43. The zero-order chi connectivity index (χ0) is 18.6. The van der Waals surface area contributed by atoms with Crippen LogP contribution in [0.4, 0.5) is 0 Å². The lowest BCUT2D eigenvalue weighted by Gasteiger charge is -2.19. The summed E-state index contributed by atoms with van der Waals surface area (Å²) in [6, 6.07) is 7.70. The summed E-state index contributed by atoms with van der Waals surface area (Å²) in [4.78, 5) is 4.24. The van der Waals surface area contributed by atoms with Gasteiger partial charge >= 0.3 is 0 Å². The minimum absolute atomic E-state index is 0. The molecule has 1 heterocycles. The number of aliphatic imine (C=N–C) groups is 1. The Kier molecular flexibility index (Phi) is 13.0. The molecule has 1 aromatic carbocycles. The van der Waals surface area contributed by atoms with Crippen LogP contribution in [0.15, 0.2) is 29.3 Å². The SMILES string of the molecule is CN=C(NCCCOCC1CCOC1)NCC(OC)c1cccc(Cl)c1.I. The number of nitrogens with zero attached hydrogens (tertiary/aromatic N) is 1. The van der Waals surface area contributed by atoms with Crippen molar-refractivity contribution < 1.29 is 14.2 Å². The maximum atomic E-state index is 6.06. The molecule has 2 atom stereocenters. The number of hydrogen-bond acceptors (Lipinski definition) is 4. The van der Waals surface area contributed by atoms with Crippen LogP contribution < -0.4 is 10.6 Å². The van der Waals surface area contributed by atoms with Gasteiger partial charge in [0.05, 0.1) is 19.3 Å². The molecule has 1 aliphatic heterocycles. The highest BCUT2D eigenvalue weighted by Crippen LogP contribution is 2.19. The van der Waals surface area contributed by atoms with E-state index in [0.717, 1.165) is 57.3 Å². The van der Waals surface area contributed by atoms with Crippen LogP contribution in [-0.2, 0) is 14.2 Å². The molecule has 6 nitrogen and oxygen atoms in total. The van der Waals surface area contributed by atoms with E-state index >= 15 is 0 Å². The lowest BCUT2D eigenvalue weighted by atomic mass is 10.1. The number of benzene rings is 1. The molecule has 0 saturated carbocycles. The Balaban J connectivity index is 0.00000364. The number of rotatable bonds is 10. The van der Waals surface area contributed by atoms with Gasteiger partial charge in [-0.05, 0) is 30.5 Å². The van der Waals surface area contributed by atoms with Gasteiger partial charge in [-0.25, -0.2) is 0 Å². The van der Waals surface area contributed by atoms with Crippen molar-refractivity contribution in [2.45, 2.75) is 18.9 Å². The molecule has 0 spiro atoms. The summed E-state index contributed by atoms with van der Waals surface area (Å²) in [5.74, 6) is 1.31. The summed E-state index contributed by atoms with van der Waals surface area (Å²) in [6.07, 6.45) is 1.95. The Morgan fingerprint density at radius 1 is 1.41 bits per heavy atom. The highest BCUT2D eigenvalue weighted by molar-refractivity contribution is 14.0.